The van der Waals surface area contributed by atoms with Crippen LogP contribution in [0.1, 0.15) is 22.2 Å². The number of ether oxygens (including phenoxy) is 1. The largest absolute Gasteiger partial charge is 0.489 e. The van der Waals surface area contributed by atoms with E-state index in [1.165, 1.54) is 23.9 Å². The molecular formula is C28H23FN4O3S. The molecule has 0 N–H and O–H groups in total. The summed E-state index contributed by atoms with van der Waals surface area (Å²) in [7, 11) is 0. The SMILES string of the molecule is Cc1nnc(S[C@H](C[N+](=O)[O-])c2ccc(OCc3cccc4ccccc34)cc2)n1-c1ccc(F)cc1. The summed E-state index contributed by atoms with van der Waals surface area (Å²) in [5.74, 6) is 0.927. The molecule has 1 heterocycles. The van der Waals surface area contributed by atoms with Gasteiger partial charge in [0.15, 0.2) is 5.16 Å². The molecule has 0 saturated heterocycles. The van der Waals surface area contributed by atoms with Crippen LogP contribution in [0.2, 0.25) is 0 Å². The van der Waals surface area contributed by atoms with E-state index in [-0.39, 0.29) is 17.3 Å². The minimum Gasteiger partial charge on any atom is -0.489 e. The lowest BCUT2D eigenvalue weighted by Crippen LogP contribution is -2.11. The molecule has 1 aromatic heterocycles. The Labute approximate surface area is 217 Å². The number of aromatic nitrogens is 3. The van der Waals surface area contributed by atoms with E-state index >= 15 is 0 Å². The first kappa shape index (κ1) is 24.5. The van der Waals surface area contributed by atoms with Gasteiger partial charge in [0.2, 0.25) is 6.54 Å². The zero-order chi connectivity index (χ0) is 25.8. The van der Waals surface area contributed by atoms with Crippen LogP contribution in [0.5, 0.6) is 5.75 Å². The Balaban J connectivity index is 1.34. The van der Waals surface area contributed by atoms with Crippen LogP contribution in [-0.2, 0) is 6.61 Å². The van der Waals surface area contributed by atoms with Crippen molar-refractivity contribution in [2.75, 3.05) is 6.54 Å². The minimum absolute atomic E-state index is 0.295. The zero-order valence-corrected chi connectivity index (χ0v) is 20.8. The third-order valence-electron chi connectivity index (χ3n) is 5.97. The van der Waals surface area contributed by atoms with E-state index in [4.69, 9.17) is 4.74 Å². The van der Waals surface area contributed by atoms with E-state index in [2.05, 4.69) is 28.4 Å². The van der Waals surface area contributed by atoms with Gasteiger partial charge in [0.05, 0.1) is 0 Å². The maximum atomic E-state index is 13.4. The molecule has 0 bridgehead atoms. The van der Waals surface area contributed by atoms with Crippen molar-refractivity contribution in [3.63, 3.8) is 0 Å². The summed E-state index contributed by atoms with van der Waals surface area (Å²) in [6, 6.07) is 27.6. The number of nitrogens with zero attached hydrogens (tertiary/aromatic N) is 4. The van der Waals surface area contributed by atoms with E-state index in [0.717, 1.165) is 21.9 Å². The summed E-state index contributed by atoms with van der Waals surface area (Å²) in [5.41, 5.74) is 2.54. The first-order valence-corrected chi connectivity index (χ1v) is 12.5. The van der Waals surface area contributed by atoms with Crippen LogP contribution >= 0.6 is 11.8 Å². The third kappa shape index (κ3) is 5.62. The van der Waals surface area contributed by atoms with Gasteiger partial charge in [-0.1, -0.05) is 66.4 Å². The van der Waals surface area contributed by atoms with E-state index < -0.39 is 5.25 Å². The van der Waals surface area contributed by atoms with Gasteiger partial charge in [-0.15, -0.1) is 10.2 Å². The van der Waals surface area contributed by atoms with Crippen LogP contribution in [0.15, 0.2) is 96.2 Å². The maximum Gasteiger partial charge on any atom is 0.220 e. The number of nitro groups is 1. The molecule has 5 aromatic rings. The summed E-state index contributed by atoms with van der Waals surface area (Å²) in [6.07, 6.45) is 0. The molecule has 186 valence electrons. The van der Waals surface area contributed by atoms with Crippen molar-refractivity contribution in [3.8, 4) is 11.4 Å². The Morgan fingerprint density at radius 2 is 1.70 bits per heavy atom. The second kappa shape index (κ2) is 10.8. The van der Waals surface area contributed by atoms with Crippen LogP contribution in [0.25, 0.3) is 16.5 Å². The molecule has 4 aromatic carbocycles. The predicted molar refractivity (Wildman–Crippen MR) is 141 cm³/mol. The predicted octanol–water partition coefficient (Wildman–Crippen LogP) is 6.56. The monoisotopic (exact) mass is 514 g/mol. The molecule has 7 nitrogen and oxygen atoms in total. The normalized spacial score (nSPS) is 11.9. The van der Waals surface area contributed by atoms with Crippen molar-refractivity contribution in [2.24, 2.45) is 0 Å². The number of halogens is 1. The van der Waals surface area contributed by atoms with Crippen LogP contribution in [0.4, 0.5) is 4.39 Å². The Kier molecular flexibility index (Phi) is 7.14. The standard InChI is InChI=1S/C28H23FN4O3S/c1-19-30-31-28(33(19)24-13-11-23(29)12-14-24)37-27(17-32(34)35)21-9-15-25(16-10-21)36-18-22-7-4-6-20-5-2-3-8-26(20)22/h2-16,27H,17-18H2,1H3/t27-/m1/s1. The van der Waals surface area contributed by atoms with E-state index in [1.54, 1.807) is 23.6 Å². The number of hydrogen-bond acceptors (Lipinski definition) is 6. The van der Waals surface area contributed by atoms with Gasteiger partial charge in [-0.2, -0.15) is 0 Å². The summed E-state index contributed by atoms with van der Waals surface area (Å²) in [5, 5.41) is 22.1. The zero-order valence-electron chi connectivity index (χ0n) is 20.0. The highest BCUT2D eigenvalue weighted by atomic mass is 32.2. The van der Waals surface area contributed by atoms with Gasteiger partial charge in [0.25, 0.3) is 0 Å². The first-order chi connectivity index (χ1) is 18.0. The molecule has 5 rings (SSSR count). The summed E-state index contributed by atoms with van der Waals surface area (Å²) in [6.45, 7) is 1.90. The van der Waals surface area contributed by atoms with E-state index in [1.807, 2.05) is 48.5 Å². The second-order valence-corrected chi connectivity index (χ2v) is 9.63. The van der Waals surface area contributed by atoms with Crippen molar-refractivity contribution in [3.05, 3.63) is 124 Å². The van der Waals surface area contributed by atoms with Gasteiger partial charge >= 0.3 is 0 Å². The summed E-state index contributed by atoms with van der Waals surface area (Å²) >= 11 is 1.25. The van der Waals surface area contributed by atoms with Crippen molar-refractivity contribution >= 4 is 22.5 Å². The molecule has 0 saturated carbocycles. The van der Waals surface area contributed by atoms with Gasteiger partial charge in [0.1, 0.15) is 29.2 Å². The smallest absolute Gasteiger partial charge is 0.220 e. The summed E-state index contributed by atoms with van der Waals surface area (Å²) in [4.78, 5) is 11.1. The van der Waals surface area contributed by atoms with Gasteiger partial charge in [0, 0.05) is 10.6 Å². The van der Waals surface area contributed by atoms with E-state index in [0.29, 0.717) is 29.0 Å². The topological polar surface area (TPSA) is 83.1 Å². The molecule has 37 heavy (non-hydrogen) atoms. The molecule has 1 atom stereocenters. The Hall–Kier alpha value is -4.24. The number of thioether (sulfide) groups is 1. The Bertz CT molecular complexity index is 1530. The molecule has 0 fully saturated rings. The fourth-order valence-electron chi connectivity index (χ4n) is 4.14. The molecular weight excluding hydrogens is 491 g/mol. The number of aryl methyl sites for hydroxylation is 1. The van der Waals surface area contributed by atoms with Crippen LogP contribution in [-0.4, -0.2) is 26.2 Å². The lowest BCUT2D eigenvalue weighted by molar-refractivity contribution is -0.479. The average Bonchev–Trinajstić information content (AvgIpc) is 3.27. The van der Waals surface area contributed by atoms with Crippen molar-refractivity contribution in [1.29, 1.82) is 0 Å². The fourth-order valence-corrected chi connectivity index (χ4v) is 5.31. The maximum absolute atomic E-state index is 13.4. The highest BCUT2D eigenvalue weighted by Gasteiger charge is 2.24. The second-order valence-electron chi connectivity index (χ2n) is 8.46. The Morgan fingerprint density at radius 1 is 0.973 bits per heavy atom. The molecule has 0 radical (unpaired) electrons. The molecule has 0 spiro atoms. The van der Waals surface area contributed by atoms with Crippen LogP contribution < -0.4 is 4.74 Å². The van der Waals surface area contributed by atoms with Crippen molar-refractivity contribution in [2.45, 2.75) is 23.9 Å². The quantitative estimate of drug-likeness (QED) is 0.126. The van der Waals surface area contributed by atoms with Crippen molar-refractivity contribution in [1.82, 2.24) is 14.8 Å². The highest BCUT2D eigenvalue weighted by Crippen LogP contribution is 2.36. The molecule has 0 unspecified atom stereocenters. The lowest BCUT2D eigenvalue weighted by atomic mass is 10.1. The molecule has 0 amide bonds. The van der Waals surface area contributed by atoms with Gasteiger partial charge in [-0.3, -0.25) is 14.7 Å². The molecule has 9 heteroatoms. The van der Waals surface area contributed by atoms with E-state index in [9.17, 15) is 14.5 Å². The number of hydrogen-bond donors (Lipinski definition) is 0. The third-order valence-corrected chi connectivity index (χ3v) is 7.15. The average molecular weight is 515 g/mol. The summed E-state index contributed by atoms with van der Waals surface area (Å²) < 4.78 is 21.2. The number of fused-ring (bicyclic) bond motifs is 1. The number of rotatable bonds is 9. The number of benzene rings is 4. The van der Waals surface area contributed by atoms with Gasteiger partial charge in [-0.25, -0.2) is 4.39 Å². The van der Waals surface area contributed by atoms with Gasteiger partial charge in [-0.05, 0) is 65.2 Å². The Morgan fingerprint density at radius 3 is 2.46 bits per heavy atom. The fraction of sp³-hybridized carbons (Fsp3) is 0.143. The van der Waals surface area contributed by atoms with Crippen LogP contribution in [0, 0.1) is 22.9 Å². The van der Waals surface area contributed by atoms with Gasteiger partial charge < -0.3 is 4.74 Å². The first-order valence-electron chi connectivity index (χ1n) is 11.6. The minimum atomic E-state index is -0.509. The van der Waals surface area contributed by atoms with Crippen LogP contribution in [0.3, 0.4) is 0 Å². The molecule has 0 aliphatic rings. The highest BCUT2D eigenvalue weighted by molar-refractivity contribution is 7.99. The molecule has 0 aliphatic carbocycles. The lowest BCUT2D eigenvalue weighted by Gasteiger charge is -2.15. The van der Waals surface area contributed by atoms with Crippen molar-refractivity contribution < 1.29 is 14.1 Å². The molecule has 0 aliphatic heterocycles.